The molecule has 4 heteroatoms. The van der Waals surface area contributed by atoms with E-state index < -0.39 is 0 Å². The van der Waals surface area contributed by atoms with Crippen LogP contribution >= 0.6 is 0 Å². The number of likely N-dealkylation sites (tertiary alicyclic amines) is 1. The Morgan fingerprint density at radius 3 is 2.82 bits per heavy atom. The maximum Gasteiger partial charge on any atom is 0.0489 e. The third-order valence-electron chi connectivity index (χ3n) is 3.59. The van der Waals surface area contributed by atoms with Crippen molar-refractivity contribution in [3.8, 4) is 0 Å². The molecule has 2 rings (SSSR count). The highest BCUT2D eigenvalue weighted by Gasteiger charge is 2.16. The van der Waals surface area contributed by atoms with Crippen LogP contribution in [0, 0.1) is 0 Å². The highest BCUT2D eigenvalue weighted by Crippen LogP contribution is 2.09. The van der Waals surface area contributed by atoms with E-state index in [1.807, 2.05) is 23.1 Å². The summed E-state index contributed by atoms with van der Waals surface area (Å²) in [5.41, 5.74) is 0. The molecule has 1 fully saturated rings. The van der Waals surface area contributed by atoms with Crippen molar-refractivity contribution in [2.75, 3.05) is 26.2 Å². The summed E-state index contributed by atoms with van der Waals surface area (Å²) < 4.78 is 2.00. The van der Waals surface area contributed by atoms with Crippen molar-refractivity contribution in [3.63, 3.8) is 0 Å². The van der Waals surface area contributed by atoms with E-state index >= 15 is 0 Å². The molecule has 0 saturated carbocycles. The maximum absolute atomic E-state index is 4.20. The molecule has 1 N–H and O–H groups in total. The van der Waals surface area contributed by atoms with Gasteiger partial charge < -0.3 is 10.2 Å². The van der Waals surface area contributed by atoms with Crippen molar-refractivity contribution < 1.29 is 0 Å². The summed E-state index contributed by atoms with van der Waals surface area (Å²) in [5, 5.41) is 7.86. The number of hydrogen-bond donors (Lipinski definition) is 1. The molecule has 1 saturated heterocycles. The standard InChI is InChI=1S/C13H24N4/c1-2-16-11-5-13(6-12-16)14-7-3-9-17-10-4-8-15-17/h4,8,10,13-14H,2-3,5-7,9,11-12H2,1H3. The normalized spacial score (nSPS) is 18.6. The molecule has 17 heavy (non-hydrogen) atoms. The summed E-state index contributed by atoms with van der Waals surface area (Å²) in [6.07, 6.45) is 7.63. The average Bonchev–Trinajstić information content (AvgIpc) is 2.88. The molecule has 1 aliphatic heterocycles. The first-order valence-electron chi connectivity index (χ1n) is 6.81. The van der Waals surface area contributed by atoms with Gasteiger partial charge in [-0.05, 0) is 51.5 Å². The fourth-order valence-electron chi connectivity index (χ4n) is 2.43. The molecular formula is C13H24N4. The fraction of sp³-hybridized carbons (Fsp3) is 0.769. The van der Waals surface area contributed by atoms with Gasteiger partial charge in [-0.25, -0.2) is 0 Å². The summed E-state index contributed by atoms with van der Waals surface area (Å²) in [6, 6.07) is 2.71. The van der Waals surface area contributed by atoms with Crippen LogP contribution in [-0.2, 0) is 6.54 Å². The minimum Gasteiger partial charge on any atom is -0.314 e. The van der Waals surface area contributed by atoms with Crippen LogP contribution in [-0.4, -0.2) is 46.9 Å². The fourth-order valence-corrected chi connectivity index (χ4v) is 2.43. The van der Waals surface area contributed by atoms with Crippen molar-refractivity contribution in [2.45, 2.75) is 38.8 Å². The molecule has 1 aliphatic rings. The molecular weight excluding hydrogens is 212 g/mol. The van der Waals surface area contributed by atoms with Crippen LogP contribution < -0.4 is 5.32 Å². The van der Waals surface area contributed by atoms with Gasteiger partial charge in [0.1, 0.15) is 0 Å². The molecule has 96 valence electrons. The number of piperidine rings is 1. The van der Waals surface area contributed by atoms with Gasteiger partial charge in [-0.3, -0.25) is 4.68 Å². The Kier molecular flexibility index (Phi) is 5.01. The molecule has 1 aromatic rings. The Bertz CT molecular complexity index is 288. The van der Waals surface area contributed by atoms with Crippen LogP contribution in [0.25, 0.3) is 0 Å². The Morgan fingerprint density at radius 1 is 1.35 bits per heavy atom. The molecule has 2 heterocycles. The van der Waals surface area contributed by atoms with Crippen LogP contribution in [0.15, 0.2) is 18.5 Å². The van der Waals surface area contributed by atoms with Crippen molar-refractivity contribution in [1.82, 2.24) is 20.0 Å². The lowest BCUT2D eigenvalue weighted by atomic mass is 10.1. The summed E-state index contributed by atoms with van der Waals surface area (Å²) in [5.74, 6) is 0. The predicted octanol–water partition coefficient (Wildman–Crippen LogP) is 1.35. The summed E-state index contributed by atoms with van der Waals surface area (Å²) in [4.78, 5) is 2.53. The van der Waals surface area contributed by atoms with Gasteiger partial charge in [0.15, 0.2) is 0 Å². The van der Waals surface area contributed by atoms with Crippen molar-refractivity contribution >= 4 is 0 Å². The zero-order chi connectivity index (χ0) is 11.9. The summed E-state index contributed by atoms with van der Waals surface area (Å²) in [6.45, 7) is 8.09. The lowest BCUT2D eigenvalue weighted by Crippen LogP contribution is -2.42. The SMILES string of the molecule is CCN1CCC(NCCCn2cccn2)CC1. The van der Waals surface area contributed by atoms with Crippen LogP contribution in [0.5, 0.6) is 0 Å². The van der Waals surface area contributed by atoms with Gasteiger partial charge in [-0.1, -0.05) is 6.92 Å². The quantitative estimate of drug-likeness (QED) is 0.757. The van der Waals surface area contributed by atoms with E-state index in [2.05, 4.69) is 22.2 Å². The largest absolute Gasteiger partial charge is 0.314 e. The average molecular weight is 236 g/mol. The third-order valence-corrected chi connectivity index (χ3v) is 3.59. The van der Waals surface area contributed by atoms with Crippen LogP contribution in [0.1, 0.15) is 26.2 Å². The van der Waals surface area contributed by atoms with Crippen LogP contribution in [0.4, 0.5) is 0 Å². The first-order valence-corrected chi connectivity index (χ1v) is 6.81. The molecule has 0 bridgehead atoms. The molecule has 0 atom stereocenters. The highest BCUT2D eigenvalue weighted by atomic mass is 15.3. The molecule has 0 aromatic carbocycles. The molecule has 0 unspecified atom stereocenters. The van der Waals surface area contributed by atoms with Gasteiger partial charge >= 0.3 is 0 Å². The van der Waals surface area contributed by atoms with Gasteiger partial charge in [-0.2, -0.15) is 5.10 Å². The van der Waals surface area contributed by atoms with Crippen molar-refractivity contribution in [3.05, 3.63) is 18.5 Å². The van der Waals surface area contributed by atoms with E-state index in [1.165, 1.54) is 32.5 Å². The second kappa shape index (κ2) is 6.77. The topological polar surface area (TPSA) is 33.1 Å². The zero-order valence-corrected chi connectivity index (χ0v) is 10.8. The number of nitrogens with zero attached hydrogens (tertiary/aromatic N) is 3. The lowest BCUT2D eigenvalue weighted by Gasteiger charge is -2.31. The lowest BCUT2D eigenvalue weighted by molar-refractivity contribution is 0.206. The maximum atomic E-state index is 4.20. The molecule has 0 radical (unpaired) electrons. The number of hydrogen-bond acceptors (Lipinski definition) is 3. The van der Waals surface area contributed by atoms with Gasteiger partial charge in [0, 0.05) is 25.0 Å². The smallest absolute Gasteiger partial charge is 0.0489 e. The predicted molar refractivity (Wildman–Crippen MR) is 70.0 cm³/mol. The van der Waals surface area contributed by atoms with E-state index in [1.54, 1.807) is 0 Å². The van der Waals surface area contributed by atoms with Crippen molar-refractivity contribution in [1.29, 1.82) is 0 Å². The minimum absolute atomic E-state index is 0.732. The molecule has 0 aliphatic carbocycles. The van der Waals surface area contributed by atoms with Crippen LogP contribution in [0.2, 0.25) is 0 Å². The van der Waals surface area contributed by atoms with Gasteiger partial charge in [0.05, 0.1) is 0 Å². The van der Waals surface area contributed by atoms with Gasteiger partial charge in [0.2, 0.25) is 0 Å². The van der Waals surface area contributed by atoms with Crippen LogP contribution in [0.3, 0.4) is 0 Å². The van der Waals surface area contributed by atoms with E-state index in [0.717, 1.165) is 25.6 Å². The molecule has 1 aromatic heterocycles. The Labute approximate surface area is 104 Å². The van der Waals surface area contributed by atoms with E-state index in [4.69, 9.17) is 0 Å². The number of nitrogens with one attached hydrogen (secondary N) is 1. The first-order chi connectivity index (χ1) is 8.38. The number of aryl methyl sites for hydroxylation is 1. The van der Waals surface area contributed by atoms with Gasteiger partial charge in [-0.15, -0.1) is 0 Å². The second-order valence-corrected chi connectivity index (χ2v) is 4.79. The molecule has 0 amide bonds. The monoisotopic (exact) mass is 236 g/mol. The number of rotatable bonds is 6. The summed E-state index contributed by atoms with van der Waals surface area (Å²) >= 11 is 0. The zero-order valence-electron chi connectivity index (χ0n) is 10.8. The Hall–Kier alpha value is -0.870. The second-order valence-electron chi connectivity index (χ2n) is 4.79. The van der Waals surface area contributed by atoms with E-state index in [-0.39, 0.29) is 0 Å². The third kappa shape index (κ3) is 4.13. The summed E-state index contributed by atoms with van der Waals surface area (Å²) in [7, 11) is 0. The van der Waals surface area contributed by atoms with Gasteiger partial charge in [0.25, 0.3) is 0 Å². The first kappa shape index (κ1) is 12.6. The molecule has 0 spiro atoms. The highest BCUT2D eigenvalue weighted by molar-refractivity contribution is 4.78. The van der Waals surface area contributed by atoms with Crippen molar-refractivity contribution in [2.24, 2.45) is 0 Å². The van der Waals surface area contributed by atoms with E-state index in [9.17, 15) is 0 Å². The van der Waals surface area contributed by atoms with E-state index in [0.29, 0.717) is 0 Å². The minimum atomic E-state index is 0.732. The Morgan fingerprint density at radius 2 is 2.18 bits per heavy atom. The molecule has 4 nitrogen and oxygen atoms in total. The Balaban J connectivity index is 1.54. The number of aromatic nitrogens is 2.